The minimum atomic E-state index is 0.107. The molecule has 0 aliphatic carbocycles. The minimum Gasteiger partial charge on any atom is -0.460 e. The molecule has 4 rings (SSSR count). The van der Waals surface area contributed by atoms with Crippen LogP contribution in [0.3, 0.4) is 0 Å². The van der Waals surface area contributed by atoms with E-state index in [2.05, 4.69) is 40.7 Å². The molecular formula is C21H25N3O2. The summed E-state index contributed by atoms with van der Waals surface area (Å²) in [6.07, 6.45) is 0. The molecule has 5 nitrogen and oxygen atoms in total. The number of hydrogen-bond donors (Lipinski definition) is 0. The van der Waals surface area contributed by atoms with Crippen molar-refractivity contribution in [2.45, 2.75) is 26.9 Å². The molecule has 1 fully saturated rings. The molecule has 0 saturated carbocycles. The number of benzene rings is 1. The van der Waals surface area contributed by atoms with E-state index in [4.69, 9.17) is 4.42 Å². The number of carbonyl (C=O) groups is 1. The highest BCUT2D eigenvalue weighted by Crippen LogP contribution is 2.25. The molecule has 2 aromatic heterocycles. The van der Waals surface area contributed by atoms with E-state index < -0.39 is 0 Å². The van der Waals surface area contributed by atoms with Gasteiger partial charge in [-0.15, -0.1) is 0 Å². The number of rotatable bonds is 4. The maximum atomic E-state index is 13.0. The molecule has 0 bridgehead atoms. The summed E-state index contributed by atoms with van der Waals surface area (Å²) in [5, 5.41) is 0. The average Bonchev–Trinajstić information content (AvgIpc) is 3.18. The fourth-order valence-electron chi connectivity index (χ4n) is 3.80. The highest BCUT2D eigenvalue weighted by atomic mass is 16.3. The quantitative estimate of drug-likeness (QED) is 0.722. The van der Waals surface area contributed by atoms with Crippen LogP contribution in [0.4, 0.5) is 0 Å². The molecule has 1 aliphatic rings. The molecule has 136 valence electrons. The molecule has 0 unspecified atom stereocenters. The van der Waals surface area contributed by atoms with Gasteiger partial charge in [-0.3, -0.25) is 9.69 Å². The Morgan fingerprint density at radius 3 is 2.50 bits per heavy atom. The van der Waals surface area contributed by atoms with Gasteiger partial charge in [-0.05, 0) is 19.4 Å². The summed E-state index contributed by atoms with van der Waals surface area (Å²) in [6, 6.07) is 14.4. The van der Waals surface area contributed by atoms with Crippen molar-refractivity contribution in [3.8, 4) is 0 Å². The van der Waals surface area contributed by atoms with Crippen LogP contribution in [0, 0.1) is 6.92 Å². The maximum absolute atomic E-state index is 13.0. The summed E-state index contributed by atoms with van der Waals surface area (Å²) in [6.45, 7) is 9.05. The Morgan fingerprint density at radius 2 is 1.81 bits per heavy atom. The molecule has 3 heterocycles. The molecule has 0 spiro atoms. The van der Waals surface area contributed by atoms with Crippen molar-refractivity contribution < 1.29 is 9.21 Å². The molecule has 1 amide bonds. The monoisotopic (exact) mass is 351 g/mol. The second-order valence-electron chi connectivity index (χ2n) is 6.93. The van der Waals surface area contributed by atoms with E-state index in [0.717, 1.165) is 61.8 Å². The Hall–Kier alpha value is -2.53. The van der Waals surface area contributed by atoms with E-state index in [1.54, 1.807) is 0 Å². The second kappa shape index (κ2) is 7.00. The fraction of sp³-hybridized carbons (Fsp3) is 0.381. The number of aryl methyl sites for hydroxylation is 2. The van der Waals surface area contributed by atoms with Gasteiger partial charge in [0.25, 0.3) is 5.91 Å². The van der Waals surface area contributed by atoms with Crippen LogP contribution in [0.1, 0.15) is 28.7 Å². The molecule has 3 aromatic rings. The van der Waals surface area contributed by atoms with Gasteiger partial charge in [-0.2, -0.15) is 0 Å². The van der Waals surface area contributed by atoms with Gasteiger partial charge in [-0.25, -0.2) is 0 Å². The van der Waals surface area contributed by atoms with Gasteiger partial charge in [-0.1, -0.05) is 30.3 Å². The number of piperazine rings is 1. The molecule has 0 radical (unpaired) electrons. The van der Waals surface area contributed by atoms with E-state index in [9.17, 15) is 4.79 Å². The summed E-state index contributed by atoms with van der Waals surface area (Å²) in [5.74, 6) is 0.987. The summed E-state index contributed by atoms with van der Waals surface area (Å²) in [4.78, 5) is 17.4. The molecular weight excluding hydrogens is 326 g/mol. The fourth-order valence-corrected chi connectivity index (χ4v) is 3.80. The van der Waals surface area contributed by atoms with Crippen molar-refractivity contribution in [1.29, 1.82) is 0 Å². The highest BCUT2D eigenvalue weighted by Gasteiger charge is 2.25. The maximum Gasteiger partial charge on any atom is 0.270 e. The first-order chi connectivity index (χ1) is 12.7. The first kappa shape index (κ1) is 16.9. The lowest BCUT2D eigenvalue weighted by Crippen LogP contribution is -2.48. The van der Waals surface area contributed by atoms with Crippen molar-refractivity contribution >= 4 is 17.0 Å². The van der Waals surface area contributed by atoms with Crippen LogP contribution < -0.4 is 0 Å². The highest BCUT2D eigenvalue weighted by molar-refractivity contribution is 5.97. The van der Waals surface area contributed by atoms with Gasteiger partial charge >= 0.3 is 0 Å². The summed E-state index contributed by atoms with van der Waals surface area (Å²) in [7, 11) is 0. The number of hydrogen-bond acceptors (Lipinski definition) is 3. The zero-order valence-electron chi connectivity index (χ0n) is 15.4. The number of carbonyl (C=O) groups excluding carboxylic acids is 1. The van der Waals surface area contributed by atoms with E-state index in [0.29, 0.717) is 0 Å². The minimum absolute atomic E-state index is 0.107. The van der Waals surface area contributed by atoms with Crippen LogP contribution in [0.25, 0.3) is 11.1 Å². The van der Waals surface area contributed by atoms with E-state index in [-0.39, 0.29) is 5.91 Å². The van der Waals surface area contributed by atoms with Crippen molar-refractivity contribution in [1.82, 2.24) is 14.4 Å². The number of amides is 1. The number of furan rings is 1. The SMILES string of the molecule is CCn1c(C(=O)N2CCN(Cc3ccccc3)CC2)cc2oc(C)cc21. The normalized spacial score (nSPS) is 15.7. The lowest BCUT2D eigenvalue weighted by molar-refractivity contribution is 0.0618. The first-order valence-electron chi connectivity index (χ1n) is 9.31. The third-order valence-corrected chi connectivity index (χ3v) is 5.16. The van der Waals surface area contributed by atoms with Crippen LogP contribution in [0.2, 0.25) is 0 Å². The predicted molar refractivity (Wildman–Crippen MR) is 102 cm³/mol. The van der Waals surface area contributed by atoms with Gasteiger partial charge in [0.15, 0.2) is 5.58 Å². The topological polar surface area (TPSA) is 41.6 Å². The third kappa shape index (κ3) is 3.15. The Labute approximate surface area is 153 Å². The van der Waals surface area contributed by atoms with Crippen molar-refractivity contribution in [2.24, 2.45) is 0 Å². The standard InChI is InChI=1S/C21H25N3O2/c1-3-24-18-13-16(2)26-20(18)14-19(24)21(25)23-11-9-22(10-12-23)15-17-7-5-4-6-8-17/h4-8,13-14H,3,9-12,15H2,1-2H3. The van der Waals surface area contributed by atoms with Crippen LogP contribution in [-0.2, 0) is 13.1 Å². The van der Waals surface area contributed by atoms with Gasteiger partial charge in [0.2, 0.25) is 0 Å². The largest absolute Gasteiger partial charge is 0.460 e. The molecule has 1 saturated heterocycles. The molecule has 26 heavy (non-hydrogen) atoms. The molecule has 0 N–H and O–H groups in total. The van der Waals surface area contributed by atoms with E-state index in [1.807, 2.05) is 30.0 Å². The zero-order valence-corrected chi connectivity index (χ0v) is 15.4. The van der Waals surface area contributed by atoms with Gasteiger partial charge in [0.1, 0.15) is 11.5 Å². The third-order valence-electron chi connectivity index (χ3n) is 5.16. The van der Waals surface area contributed by atoms with Crippen LogP contribution >= 0.6 is 0 Å². The molecule has 1 aromatic carbocycles. The lowest BCUT2D eigenvalue weighted by atomic mass is 10.2. The van der Waals surface area contributed by atoms with E-state index in [1.165, 1.54) is 5.56 Å². The number of aromatic nitrogens is 1. The van der Waals surface area contributed by atoms with Crippen LogP contribution in [0.15, 0.2) is 46.9 Å². The predicted octanol–water partition coefficient (Wildman–Crippen LogP) is 3.52. The van der Waals surface area contributed by atoms with Gasteiger partial charge in [0.05, 0.1) is 5.52 Å². The molecule has 0 atom stereocenters. The number of nitrogens with zero attached hydrogens (tertiary/aromatic N) is 3. The van der Waals surface area contributed by atoms with Gasteiger partial charge in [0, 0.05) is 51.4 Å². The summed E-state index contributed by atoms with van der Waals surface area (Å²) < 4.78 is 7.77. The zero-order chi connectivity index (χ0) is 18.1. The molecule has 5 heteroatoms. The summed E-state index contributed by atoms with van der Waals surface area (Å²) in [5.41, 5.74) is 3.87. The van der Waals surface area contributed by atoms with Crippen molar-refractivity contribution in [2.75, 3.05) is 26.2 Å². The average molecular weight is 351 g/mol. The van der Waals surface area contributed by atoms with Crippen LogP contribution in [-0.4, -0.2) is 46.5 Å². The Balaban J connectivity index is 1.44. The van der Waals surface area contributed by atoms with Crippen molar-refractivity contribution in [3.63, 3.8) is 0 Å². The number of fused-ring (bicyclic) bond motifs is 1. The van der Waals surface area contributed by atoms with Crippen LogP contribution in [0.5, 0.6) is 0 Å². The Morgan fingerprint density at radius 1 is 1.08 bits per heavy atom. The Kier molecular flexibility index (Phi) is 4.55. The second-order valence-corrected chi connectivity index (χ2v) is 6.93. The smallest absolute Gasteiger partial charge is 0.270 e. The van der Waals surface area contributed by atoms with Crippen molar-refractivity contribution in [3.05, 3.63) is 59.5 Å². The van der Waals surface area contributed by atoms with E-state index >= 15 is 0 Å². The van der Waals surface area contributed by atoms with Gasteiger partial charge < -0.3 is 13.9 Å². The Bertz CT molecular complexity index is 902. The lowest BCUT2D eigenvalue weighted by Gasteiger charge is -2.34. The molecule has 1 aliphatic heterocycles. The summed E-state index contributed by atoms with van der Waals surface area (Å²) >= 11 is 0. The first-order valence-corrected chi connectivity index (χ1v) is 9.31.